The van der Waals surface area contributed by atoms with Crippen LogP contribution in [0.2, 0.25) is 5.02 Å². The first-order valence-corrected chi connectivity index (χ1v) is 10.3. The number of halogens is 1. The van der Waals surface area contributed by atoms with Gasteiger partial charge in [-0.05, 0) is 43.2 Å². The molecule has 1 aliphatic rings. The van der Waals surface area contributed by atoms with E-state index in [0.717, 1.165) is 18.4 Å². The number of nitrogens with zero attached hydrogens (tertiary/aromatic N) is 2. The van der Waals surface area contributed by atoms with Gasteiger partial charge in [0.05, 0.1) is 26.5 Å². The molecule has 3 aromatic rings. The molecule has 1 fully saturated rings. The topological polar surface area (TPSA) is 95.2 Å². The van der Waals surface area contributed by atoms with E-state index < -0.39 is 15.9 Å². The second kappa shape index (κ2) is 6.95. The number of benzene rings is 2. The minimum atomic E-state index is -3.63. The summed E-state index contributed by atoms with van der Waals surface area (Å²) in [5, 5.41) is 2.81. The Labute approximate surface area is 161 Å². The largest absolute Gasteiger partial charge is 0.324 e. The van der Waals surface area contributed by atoms with Crippen LogP contribution in [0, 0.1) is 0 Å². The van der Waals surface area contributed by atoms with Crippen molar-refractivity contribution in [3.05, 3.63) is 53.1 Å². The Bertz CT molecular complexity index is 1090. The average molecular weight is 405 g/mol. The van der Waals surface area contributed by atoms with Gasteiger partial charge in [-0.25, -0.2) is 13.4 Å². The average Bonchev–Trinajstić information content (AvgIpc) is 3.31. The van der Waals surface area contributed by atoms with Gasteiger partial charge in [0.25, 0.3) is 5.91 Å². The first-order chi connectivity index (χ1) is 12.9. The van der Waals surface area contributed by atoms with Gasteiger partial charge in [0.15, 0.2) is 0 Å². The lowest BCUT2D eigenvalue weighted by Crippen LogP contribution is -2.28. The van der Waals surface area contributed by atoms with Gasteiger partial charge in [-0.2, -0.15) is 4.31 Å². The van der Waals surface area contributed by atoms with Crippen LogP contribution < -0.4 is 5.32 Å². The summed E-state index contributed by atoms with van der Waals surface area (Å²) in [6.07, 6.45) is 1.68. The zero-order valence-electron chi connectivity index (χ0n) is 14.3. The lowest BCUT2D eigenvalue weighted by molar-refractivity contribution is 0.102. The molecule has 0 radical (unpaired) electrons. The highest BCUT2D eigenvalue weighted by molar-refractivity contribution is 7.89. The highest BCUT2D eigenvalue weighted by Crippen LogP contribution is 2.26. The highest BCUT2D eigenvalue weighted by Gasteiger charge is 2.28. The van der Waals surface area contributed by atoms with Gasteiger partial charge in [0.1, 0.15) is 0 Å². The molecule has 1 amide bonds. The molecule has 0 spiro atoms. The Hall–Kier alpha value is -2.42. The number of aromatic amines is 1. The number of imidazole rings is 1. The van der Waals surface area contributed by atoms with Crippen molar-refractivity contribution in [2.45, 2.75) is 17.7 Å². The molecule has 1 aromatic heterocycles. The van der Waals surface area contributed by atoms with E-state index in [4.69, 9.17) is 11.6 Å². The zero-order chi connectivity index (χ0) is 19.0. The van der Waals surface area contributed by atoms with Gasteiger partial charge >= 0.3 is 0 Å². The third-order valence-electron chi connectivity index (χ3n) is 4.51. The van der Waals surface area contributed by atoms with Crippen molar-refractivity contribution < 1.29 is 13.2 Å². The number of para-hydroxylation sites is 2. The number of hydrogen-bond donors (Lipinski definition) is 2. The molecule has 1 saturated heterocycles. The monoisotopic (exact) mass is 404 g/mol. The summed E-state index contributed by atoms with van der Waals surface area (Å²) in [5.41, 5.74) is 1.57. The molecule has 0 bridgehead atoms. The summed E-state index contributed by atoms with van der Waals surface area (Å²) in [5.74, 6) is -0.261. The Morgan fingerprint density at radius 1 is 1.15 bits per heavy atom. The van der Waals surface area contributed by atoms with Crippen LogP contribution in [0.4, 0.5) is 5.95 Å². The quantitative estimate of drug-likeness (QED) is 0.697. The summed E-state index contributed by atoms with van der Waals surface area (Å²) >= 11 is 6.15. The SMILES string of the molecule is O=C(Nc1nc2ccccc2[nH]1)c1cc(S(=O)(=O)N2CCCC2)ccc1Cl. The van der Waals surface area contributed by atoms with Crippen LogP contribution in [0.25, 0.3) is 11.0 Å². The second-order valence-corrected chi connectivity index (χ2v) is 8.65. The van der Waals surface area contributed by atoms with Crippen molar-refractivity contribution in [3.63, 3.8) is 0 Å². The number of H-pyrrole nitrogens is 1. The summed E-state index contributed by atoms with van der Waals surface area (Å²) in [6.45, 7) is 0.983. The maximum atomic E-state index is 12.7. The Morgan fingerprint density at radius 2 is 1.89 bits per heavy atom. The number of aromatic nitrogens is 2. The van der Waals surface area contributed by atoms with E-state index in [-0.39, 0.29) is 21.4 Å². The lowest BCUT2D eigenvalue weighted by Gasteiger charge is -2.16. The van der Waals surface area contributed by atoms with Gasteiger partial charge in [-0.1, -0.05) is 23.7 Å². The number of rotatable bonds is 4. The number of carbonyl (C=O) groups is 1. The van der Waals surface area contributed by atoms with E-state index in [2.05, 4.69) is 15.3 Å². The molecular weight excluding hydrogens is 388 g/mol. The minimum absolute atomic E-state index is 0.0588. The van der Waals surface area contributed by atoms with E-state index in [1.807, 2.05) is 24.3 Å². The number of hydrogen-bond acceptors (Lipinski definition) is 4. The first kappa shape index (κ1) is 18.0. The number of amides is 1. The van der Waals surface area contributed by atoms with Crippen LogP contribution in [-0.4, -0.2) is 41.7 Å². The molecule has 2 aromatic carbocycles. The van der Waals surface area contributed by atoms with Gasteiger partial charge in [0.2, 0.25) is 16.0 Å². The molecule has 0 atom stereocenters. The second-order valence-electron chi connectivity index (χ2n) is 6.31. The number of sulfonamides is 1. The van der Waals surface area contributed by atoms with Gasteiger partial charge < -0.3 is 4.98 Å². The standard InChI is InChI=1S/C18H17ClN4O3S/c19-14-8-7-12(27(25,26)23-9-3-4-10-23)11-13(14)17(24)22-18-20-15-5-1-2-6-16(15)21-18/h1-2,5-8,11H,3-4,9-10H2,(H2,20,21,22,24). The molecule has 4 rings (SSSR count). The van der Waals surface area contributed by atoms with Crippen LogP contribution in [0.1, 0.15) is 23.2 Å². The third kappa shape index (κ3) is 3.43. The predicted molar refractivity (Wildman–Crippen MR) is 103 cm³/mol. The minimum Gasteiger partial charge on any atom is -0.324 e. The molecule has 0 unspecified atom stereocenters. The van der Waals surface area contributed by atoms with Crippen LogP contribution in [-0.2, 0) is 10.0 Å². The maximum absolute atomic E-state index is 12.7. The smallest absolute Gasteiger partial charge is 0.259 e. The van der Waals surface area contributed by atoms with Crippen molar-refractivity contribution in [2.75, 3.05) is 18.4 Å². The molecule has 2 heterocycles. The van der Waals surface area contributed by atoms with E-state index in [0.29, 0.717) is 18.6 Å². The molecule has 140 valence electrons. The van der Waals surface area contributed by atoms with Crippen molar-refractivity contribution in [3.8, 4) is 0 Å². The van der Waals surface area contributed by atoms with Crippen LogP contribution in [0.3, 0.4) is 0 Å². The highest BCUT2D eigenvalue weighted by atomic mass is 35.5. The Morgan fingerprint density at radius 3 is 2.63 bits per heavy atom. The van der Waals surface area contributed by atoms with Crippen LogP contribution >= 0.6 is 11.6 Å². The van der Waals surface area contributed by atoms with E-state index in [1.54, 1.807) is 0 Å². The molecule has 7 nitrogen and oxygen atoms in total. The fourth-order valence-corrected chi connectivity index (χ4v) is 4.85. The third-order valence-corrected chi connectivity index (χ3v) is 6.73. The number of anilines is 1. The van der Waals surface area contributed by atoms with Crippen LogP contribution in [0.5, 0.6) is 0 Å². The predicted octanol–water partition coefficient (Wildman–Crippen LogP) is 3.25. The van der Waals surface area contributed by atoms with Gasteiger partial charge in [-0.15, -0.1) is 0 Å². The Kier molecular flexibility index (Phi) is 4.63. The normalized spacial score (nSPS) is 15.3. The molecule has 9 heteroatoms. The summed E-state index contributed by atoms with van der Waals surface area (Å²) < 4.78 is 26.9. The van der Waals surface area contributed by atoms with Gasteiger partial charge in [0, 0.05) is 13.1 Å². The number of fused-ring (bicyclic) bond motifs is 1. The molecular formula is C18H17ClN4O3S. The Balaban J connectivity index is 1.63. The fourth-order valence-electron chi connectivity index (χ4n) is 3.10. The number of carbonyl (C=O) groups excluding carboxylic acids is 1. The number of nitrogens with one attached hydrogen (secondary N) is 2. The summed E-state index contributed by atoms with van der Waals surface area (Å²) in [7, 11) is -3.63. The van der Waals surface area contributed by atoms with Crippen molar-refractivity contribution in [2.24, 2.45) is 0 Å². The molecule has 2 N–H and O–H groups in total. The molecule has 27 heavy (non-hydrogen) atoms. The van der Waals surface area contributed by atoms with Crippen molar-refractivity contribution in [1.29, 1.82) is 0 Å². The zero-order valence-corrected chi connectivity index (χ0v) is 15.8. The molecule has 1 aliphatic heterocycles. The summed E-state index contributed by atoms with van der Waals surface area (Å²) in [4.78, 5) is 20.0. The van der Waals surface area contributed by atoms with Crippen LogP contribution in [0.15, 0.2) is 47.4 Å². The van der Waals surface area contributed by atoms with E-state index in [9.17, 15) is 13.2 Å². The lowest BCUT2D eigenvalue weighted by atomic mass is 10.2. The molecule has 0 aliphatic carbocycles. The maximum Gasteiger partial charge on any atom is 0.259 e. The van der Waals surface area contributed by atoms with Crippen molar-refractivity contribution in [1.82, 2.24) is 14.3 Å². The first-order valence-electron chi connectivity index (χ1n) is 8.51. The summed E-state index contributed by atoms with van der Waals surface area (Å²) in [6, 6.07) is 11.5. The fraction of sp³-hybridized carbons (Fsp3) is 0.222. The van der Waals surface area contributed by atoms with E-state index in [1.165, 1.54) is 22.5 Å². The van der Waals surface area contributed by atoms with E-state index >= 15 is 0 Å². The van der Waals surface area contributed by atoms with Crippen molar-refractivity contribution >= 4 is 44.5 Å². The molecule has 0 saturated carbocycles. The van der Waals surface area contributed by atoms with Gasteiger partial charge in [-0.3, -0.25) is 10.1 Å².